The summed E-state index contributed by atoms with van der Waals surface area (Å²) in [4.78, 5) is 18.9. The molecule has 3 N–H and O–H groups in total. The highest BCUT2D eigenvalue weighted by Crippen LogP contribution is 2.18. The Morgan fingerprint density at radius 1 is 1.16 bits per heavy atom. The molecule has 0 atom stereocenters. The van der Waals surface area contributed by atoms with E-state index in [0.29, 0.717) is 19.7 Å². The molecule has 170 valence electrons. The average Bonchev–Trinajstić information content (AvgIpc) is 3.35. The van der Waals surface area contributed by atoms with E-state index >= 15 is 0 Å². The van der Waals surface area contributed by atoms with Crippen LogP contribution in [0.4, 0.5) is 10.5 Å². The van der Waals surface area contributed by atoms with Crippen LogP contribution in [0.1, 0.15) is 30.9 Å². The Bertz CT molecular complexity index is 922. The normalized spacial score (nSPS) is 13.5. The number of guanidine groups is 1. The summed E-state index contributed by atoms with van der Waals surface area (Å²) >= 11 is 0. The summed E-state index contributed by atoms with van der Waals surface area (Å²) in [5.41, 5.74) is 2.86. The second-order valence-electron chi connectivity index (χ2n) is 7.58. The summed E-state index contributed by atoms with van der Waals surface area (Å²) in [6.45, 7) is 9.71. The molecule has 0 radical (unpaired) electrons. The lowest BCUT2D eigenvalue weighted by atomic mass is 10.2. The number of likely N-dealkylation sites (tertiary alicyclic amines) is 1. The van der Waals surface area contributed by atoms with Crippen LogP contribution in [-0.4, -0.2) is 43.1 Å². The molecule has 0 saturated carbocycles. The first-order valence-electron chi connectivity index (χ1n) is 11.2. The van der Waals surface area contributed by atoms with Gasteiger partial charge in [0.25, 0.3) is 0 Å². The molecule has 2 amide bonds. The largest absolute Gasteiger partial charge is 0.489 e. The highest BCUT2D eigenvalue weighted by atomic mass is 16.5. The van der Waals surface area contributed by atoms with E-state index in [1.807, 2.05) is 60.4 Å². The minimum Gasteiger partial charge on any atom is -0.489 e. The zero-order valence-corrected chi connectivity index (χ0v) is 18.8. The number of benzene rings is 2. The molecule has 0 bridgehead atoms. The Labute approximate surface area is 190 Å². The van der Waals surface area contributed by atoms with Crippen LogP contribution in [0, 0.1) is 0 Å². The van der Waals surface area contributed by atoms with Crippen LogP contribution < -0.4 is 20.7 Å². The number of nitrogens with one attached hydrogen (secondary N) is 3. The van der Waals surface area contributed by atoms with Crippen LogP contribution >= 0.6 is 0 Å². The molecule has 1 saturated heterocycles. The zero-order chi connectivity index (χ0) is 22.6. The molecule has 1 heterocycles. The molecular weight excluding hydrogens is 402 g/mol. The number of hydrogen-bond donors (Lipinski definition) is 3. The Morgan fingerprint density at radius 3 is 2.75 bits per heavy atom. The molecule has 0 spiro atoms. The molecule has 7 nitrogen and oxygen atoms in total. The van der Waals surface area contributed by atoms with Crippen molar-refractivity contribution < 1.29 is 9.53 Å². The highest BCUT2D eigenvalue weighted by Gasteiger charge is 2.17. The SMILES string of the molecule is C=CCOc1ccccc1CNC(=NCc1cccc(NC(=O)N2CCCC2)c1)NCC. The minimum absolute atomic E-state index is 0.0319. The third-order valence-corrected chi connectivity index (χ3v) is 5.11. The van der Waals surface area contributed by atoms with E-state index in [1.165, 1.54) is 0 Å². The number of hydrogen-bond acceptors (Lipinski definition) is 3. The predicted molar refractivity (Wildman–Crippen MR) is 130 cm³/mol. The summed E-state index contributed by atoms with van der Waals surface area (Å²) in [5.74, 6) is 1.55. The van der Waals surface area contributed by atoms with Crippen molar-refractivity contribution in [1.82, 2.24) is 15.5 Å². The molecule has 32 heavy (non-hydrogen) atoms. The molecule has 2 aromatic rings. The van der Waals surface area contributed by atoms with E-state index in [1.54, 1.807) is 6.08 Å². The summed E-state index contributed by atoms with van der Waals surface area (Å²) in [6.07, 6.45) is 3.89. The van der Waals surface area contributed by atoms with Crippen molar-refractivity contribution in [2.75, 3.05) is 31.6 Å². The number of nitrogens with zero attached hydrogens (tertiary/aromatic N) is 2. The number of anilines is 1. The molecule has 1 aliphatic rings. The van der Waals surface area contributed by atoms with Gasteiger partial charge in [-0.15, -0.1) is 0 Å². The van der Waals surface area contributed by atoms with Gasteiger partial charge in [-0.2, -0.15) is 0 Å². The summed E-state index contributed by atoms with van der Waals surface area (Å²) < 4.78 is 5.73. The molecule has 0 unspecified atom stereocenters. The number of para-hydroxylation sites is 1. The van der Waals surface area contributed by atoms with Crippen molar-refractivity contribution in [2.24, 2.45) is 4.99 Å². The number of aliphatic imine (C=N–C) groups is 1. The van der Waals surface area contributed by atoms with Gasteiger partial charge in [0, 0.05) is 37.4 Å². The molecule has 1 fully saturated rings. The van der Waals surface area contributed by atoms with E-state index in [-0.39, 0.29) is 6.03 Å². The van der Waals surface area contributed by atoms with Crippen LogP contribution in [0.5, 0.6) is 5.75 Å². The molecule has 1 aliphatic heterocycles. The van der Waals surface area contributed by atoms with Gasteiger partial charge in [0.05, 0.1) is 6.54 Å². The monoisotopic (exact) mass is 435 g/mol. The van der Waals surface area contributed by atoms with Crippen LogP contribution in [0.3, 0.4) is 0 Å². The fourth-order valence-corrected chi connectivity index (χ4v) is 3.50. The van der Waals surface area contributed by atoms with Gasteiger partial charge in [-0.25, -0.2) is 9.79 Å². The molecule has 0 aromatic heterocycles. The van der Waals surface area contributed by atoms with Gasteiger partial charge in [0.1, 0.15) is 12.4 Å². The van der Waals surface area contributed by atoms with Crippen molar-refractivity contribution in [3.05, 3.63) is 72.3 Å². The number of rotatable bonds is 9. The van der Waals surface area contributed by atoms with Crippen molar-refractivity contribution >= 4 is 17.7 Å². The molecule has 3 rings (SSSR count). The first-order chi connectivity index (χ1) is 15.7. The van der Waals surface area contributed by atoms with Gasteiger partial charge in [0.15, 0.2) is 5.96 Å². The van der Waals surface area contributed by atoms with Crippen molar-refractivity contribution in [3.8, 4) is 5.75 Å². The highest BCUT2D eigenvalue weighted by molar-refractivity contribution is 5.89. The first-order valence-corrected chi connectivity index (χ1v) is 11.2. The van der Waals surface area contributed by atoms with Gasteiger partial charge in [-0.05, 0) is 43.5 Å². The Morgan fingerprint density at radius 2 is 1.97 bits per heavy atom. The van der Waals surface area contributed by atoms with E-state index in [9.17, 15) is 4.79 Å². The van der Waals surface area contributed by atoms with Gasteiger partial charge < -0.3 is 25.6 Å². The topological polar surface area (TPSA) is 78.0 Å². The third kappa shape index (κ3) is 7.04. The number of ether oxygens (including phenoxy) is 1. The van der Waals surface area contributed by atoms with E-state index in [2.05, 4.69) is 22.5 Å². The van der Waals surface area contributed by atoms with Crippen molar-refractivity contribution in [3.63, 3.8) is 0 Å². The Hall–Kier alpha value is -3.48. The standard InChI is InChI=1S/C25H33N5O2/c1-3-16-32-23-13-6-5-11-21(23)19-28-24(26-4-2)27-18-20-10-9-12-22(17-20)29-25(31)30-14-7-8-15-30/h3,5-6,9-13,17H,1,4,7-8,14-16,18-19H2,2H3,(H,29,31)(H2,26,27,28). The summed E-state index contributed by atoms with van der Waals surface area (Å²) in [7, 11) is 0. The average molecular weight is 436 g/mol. The quantitative estimate of drug-likeness (QED) is 0.314. The van der Waals surface area contributed by atoms with Crippen molar-refractivity contribution in [1.29, 1.82) is 0 Å². The summed E-state index contributed by atoms with van der Waals surface area (Å²) in [5, 5.41) is 9.63. The lowest BCUT2D eigenvalue weighted by Crippen LogP contribution is -2.36. The molecule has 0 aliphatic carbocycles. The number of amides is 2. The zero-order valence-electron chi connectivity index (χ0n) is 18.8. The van der Waals surface area contributed by atoms with Gasteiger partial charge in [0.2, 0.25) is 0 Å². The second-order valence-corrected chi connectivity index (χ2v) is 7.58. The minimum atomic E-state index is -0.0319. The van der Waals surface area contributed by atoms with Crippen LogP contribution in [0.15, 0.2) is 66.2 Å². The van der Waals surface area contributed by atoms with Crippen LogP contribution in [0.25, 0.3) is 0 Å². The molecule has 2 aromatic carbocycles. The fraction of sp³-hybridized carbons (Fsp3) is 0.360. The lowest BCUT2D eigenvalue weighted by Gasteiger charge is -2.16. The number of urea groups is 1. The molecular formula is C25H33N5O2. The van der Waals surface area contributed by atoms with E-state index in [0.717, 1.165) is 61.0 Å². The lowest BCUT2D eigenvalue weighted by molar-refractivity contribution is 0.222. The van der Waals surface area contributed by atoms with Gasteiger partial charge in [-0.3, -0.25) is 0 Å². The van der Waals surface area contributed by atoms with Crippen LogP contribution in [-0.2, 0) is 13.1 Å². The maximum absolute atomic E-state index is 12.3. The Kier molecular flexibility index (Phi) is 8.98. The maximum Gasteiger partial charge on any atom is 0.321 e. The fourth-order valence-electron chi connectivity index (χ4n) is 3.50. The first kappa shape index (κ1) is 23.2. The van der Waals surface area contributed by atoms with E-state index in [4.69, 9.17) is 9.73 Å². The number of carbonyl (C=O) groups is 1. The third-order valence-electron chi connectivity index (χ3n) is 5.11. The van der Waals surface area contributed by atoms with E-state index < -0.39 is 0 Å². The summed E-state index contributed by atoms with van der Waals surface area (Å²) in [6, 6.07) is 15.7. The maximum atomic E-state index is 12.3. The van der Waals surface area contributed by atoms with Crippen LogP contribution in [0.2, 0.25) is 0 Å². The number of carbonyl (C=O) groups excluding carboxylic acids is 1. The smallest absolute Gasteiger partial charge is 0.321 e. The van der Waals surface area contributed by atoms with Gasteiger partial charge in [-0.1, -0.05) is 43.0 Å². The predicted octanol–water partition coefficient (Wildman–Crippen LogP) is 4.13. The van der Waals surface area contributed by atoms with Crippen molar-refractivity contribution in [2.45, 2.75) is 32.9 Å². The molecule has 7 heteroatoms. The van der Waals surface area contributed by atoms with Gasteiger partial charge >= 0.3 is 6.03 Å². The Balaban J connectivity index is 1.60. The second kappa shape index (κ2) is 12.4.